The number of rotatable bonds is 1. The van der Waals surface area contributed by atoms with E-state index in [0.717, 1.165) is 0 Å². The van der Waals surface area contributed by atoms with Crippen molar-refractivity contribution in [2.75, 3.05) is 26.2 Å². The van der Waals surface area contributed by atoms with E-state index in [4.69, 9.17) is 0 Å². The number of carbonyl (C=O) groups is 2. The predicted molar refractivity (Wildman–Crippen MR) is 56.2 cm³/mol. The molecule has 1 aromatic heterocycles. The van der Waals surface area contributed by atoms with E-state index >= 15 is 0 Å². The Morgan fingerprint density at radius 1 is 1.47 bits per heavy atom. The molecule has 0 spiro atoms. The zero-order valence-electron chi connectivity index (χ0n) is 9.09. The van der Waals surface area contributed by atoms with Gasteiger partial charge in [0.05, 0.1) is 12.2 Å². The Labute approximate surface area is 97.0 Å². The summed E-state index contributed by atoms with van der Waals surface area (Å²) in [6, 6.07) is 0.0376. The van der Waals surface area contributed by atoms with Crippen molar-refractivity contribution in [2.24, 2.45) is 0 Å². The van der Waals surface area contributed by atoms with E-state index in [2.05, 4.69) is 20.7 Å². The minimum absolute atomic E-state index is 0.0384. The lowest BCUT2D eigenvalue weighted by Crippen LogP contribution is -2.53. The third kappa shape index (κ3) is 1.61. The zero-order chi connectivity index (χ0) is 11.8. The van der Waals surface area contributed by atoms with Gasteiger partial charge in [0.1, 0.15) is 0 Å². The molecule has 17 heavy (non-hydrogen) atoms. The molecule has 2 saturated heterocycles. The van der Waals surface area contributed by atoms with Crippen LogP contribution < -0.4 is 5.32 Å². The Morgan fingerprint density at radius 2 is 2.35 bits per heavy atom. The summed E-state index contributed by atoms with van der Waals surface area (Å²) >= 11 is 0. The molecule has 1 aromatic rings. The molecule has 8 heteroatoms. The average molecular weight is 236 g/mol. The summed E-state index contributed by atoms with van der Waals surface area (Å²) in [5.74, 6) is -0.141. The number of H-pyrrole nitrogens is 1. The van der Waals surface area contributed by atoms with Gasteiger partial charge in [-0.3, -0.25) is 4.79 Å². The van der Waals surface area contributed by atoms with Crippen molar-refractivity contribution < 1.29 is 9.59 Å². The van der Waals surface area contributed by atoms with Gasteiger partial charge in [0.25, 0.3) is 5.91 Å². The second kappa shape index (κ2) is 3.72. The van der Waals surface area contributed by atoms with Crippen LogP contribution in [0.3, 0.4) is 0 Å². The molecule has 3 amide bonds. The first-order chi connectivity index (χ1) is 8.25. The van der Waals surface area contributed by atoms with E-state index in [0.29, 0.717) is 31.9 Å². The van der Waals surface area contributed by atoms with Gasteiger partial charge in [-0.05, 0) is 0 Å². The van der Waals surface area contributed by atoms with E-state index < -0.39 is 0 Å². The van der Waals surface area contributed by atoms with Crippen LogP contribution in [0.25, 0.3) is 0 Å². The highest BCUT2D eigenvalue weighted by Crippen LogP contribution is 2.15. The van der Waals surface area contributed by atoms with Gasteiger partial charge in [-0.15, -0.1) is 0 Å². The summed E-state index contributed by atoms with van der Waals surface area (Å²) in [5, 5.41) is 12.6. The van der Waals surface area contributed by atoms with Crippen molar-refractivity contribution in [2.45, 2.75) is 6.04 Å². The first-order valence-corrected chi connectivity index (χ1v) is 5.45. The van der Waals surface area contributed by atoms with Crippen molar-refractivity contribution in [3.63, 3.8) is 0 Å². The lowest BCUT2D eigenvalue weighted by Gasteiger charge is -2.35. The predicted octanol–water partition coefficient (Wildman–Crippen LogP) is -1.35. The highest BCUT2D eigenvalue weighted by Gasteiger charge is 2.37. The van der Waals surface area contributed by atoms with Gasteiger partial charge in [0.15, 0.2) is 5.69 Å². The molecule has 1 atom stereocenters. The molecule has 3 heterocycles. The summed E-state index contributed by atoms with van der Waals surface area (Å²) < 4.78 is 0. The summed E-state index contributed by atoms with van der Waals surface area (Å²) in [4.78, 5) is 26.9. The molecule has 0 aliphatic carbocycles. The molecule has 0 saturated carbocycles. The van der Waals surface area contributed by atoms with Crippen LogP contribution in [0.5, 0.6) is 0 Å². The molecule has 2 aliphatic heterocycles. The maximum Gasteiger partial charge on any atom is 0.317 e. The lowest BCUT2D eigenvalue weighted by atomic mass is 10.2. The molecule has 0 aromatic carbocycles. The number of fused-ring (bicyclic) bond motifs is 1. The minimum atomic E-state index is -0.141. The number of nitrogens with one attached hydrogen (secondary N) is 2. The Balaban J connectivity index is 1.71. The van der Waals surface area contributed by atoms with Gasteiger partial charge < -0.3 is 15.1 Å². The Morgan fingerprint density at radius 3 is 3.12 bits per heavy atom. The van der Waals surface area contributed by atoms with Crippen molar-refractivity contribution >= 4 is 11.9 Å². The summed E-state index contributed by atoms with van der Waals surface area (Å²) in [7, 11) is 0. The van der Waals surface area contributed by atoms with Crippen LogP contribution in [0, 0.1) is 0 Å². The molecule has 8 nitrogen and oxygen atoms in total. The maximum atomic E-state index is 12.0. The van der Waals surface area contributed by atoms with Gasteiger partial charge in [-0.25, -0.2) is 4.79 Å². The van der Waals surface area contributed by atoms with Crippen molar-refractivity contribution in [1.82, 2.24) is 30.5 Å². The monoisotopic (exact) mass is 236 g/mol. The number of urea groups is 1. The molecule has 0 bridgehead atoms. The Hall–Kier alpha value is -2.12. The molecular formula is C9H12N6O2. The second-order valence-electron chi connectivity index (χ2n) is 4.14. The van der Waals surface area contributed by atoms with Crippen LogP contribution in [-0.2, 0) is 0 Å². The fraction of sp³-hybridized carbons (Fsp3) is 0.556. The van der Waals surface area contributed by atoms with E-state index in [1.807, 2.05) is 0 Å². The van der Waals surface area contributed by atoms with Crippen LogP contribution in [0.15, 0.2) is 6.20 Å². The SMILES string of the molecule is O=C(c1cn[nH]n1)N1CCN2C(=O)NCC2C1. The van der Waals surface area contributed by atoms with Crippen LogP contribution in [0.2, 0.25) is 0 Å². The number of nitrogens with zero attached hydrogens (tertiary/aromatic N) is 4. The summed E-state index contributed by atoms with van der Waals surface area (Å²) in [5.41, 5.74) is 0.315. The minimum Gasteiger partial charge on any atom is -0.336 e. The quantitative estimate of drug-likeness (QED) is 0.630. The lowest BCUT2D eigenvalue weighted by molar-refractivity contribution is 0.0611. The number of amides is 3. The fourth-order valence-electron chi connectivity index (χ4n) is 2.26. The van der Waals surface area contributed by atoms with E-state index in [1.54, 1.807) is 9.80 Å². The Bertz CT molecular complexity index is 444. The standard InChI is InChI=1S/C9H12N6O2/c16-8(7-4-11-13-12-7)14-1-2-15-6(5-14)3-10-9(15)17/h4,6H,1-3,5H2,(H,10,17)(H,11,12,13). The molecular weight excluding hydrogens is 224 g/mol. The fourth-order valence-corrected chi connectivity index (χ4v) is 2.26. The zero-order valence-corrected chi connectivity index (χ0v) is 9.09. The third-order valence-corrected chi connectivity index (χ3v) is 3.15. The van der Waals surface area contributed by atoms with E-state index in [-0.39, 0.29) is 18.0 Å². The van der Waals surface area contributed by atoms with Crippen LogP contribution in [-0.4, -0.2) is 69.4 Å². The molecule has 3 rings (SSSR count). The maximum absolute atomic E-state index is 12.0. The highest BCUT2D eigenvalue weighted by molar-refractivity contribution is 5.92. The number of carbonyl (C=O) groups excluding carboxylic acids is 2. The molecule has 90 valence electrons. The molecule has 0 radical (unpaired) electrons. The van der Waals surface area contributed by atoms with Crippen molar-refractivity contribution in [1.29, 1.82) is 0 Å². The largest absolute Gasteiger partial charge is 0.336 e. The van der Waals surface area contributed by atoms with Crippen LogP contribution in [0.1, 0.15) is 10.5 Å². The van der Waals surface area contributed by atoms with Gasteiger partial charge in [-0.2, -0.15) is 15.4 Å². The smallest absolute Gasteiger partial charge is 0.317 e. The van der Waals surface area contributed by atoms with Crippen LogP contribution in [0.4, 0.5) is 4.79 Å². The van der Waals surface area contributed by atoms with Gasteiger partial charge in [-0.1, -0.05) is 0 Å². The first kappa shape index (κ1) is 10.1. The van der Waals surface area contributed by atoms with Crippen molar-refractivity contribution in [3.8, 4) is 0 Å². The van der Waals surface area contributed by atoms with Gasteiger partial charge in [0, 0.05) is 26.2 Å². The molecule has 1 unspecified atom stereocenters. The summed E-state index contributed by atoms with van der Waals surface area (Å²) in [6.07, 6.45) is 1.41. The number of hydrogen-bond donors (Lipinski definition) is 2. The average Bonchev–Trinajstić information content (AvgIpc) is 2.98. The van der Waals surface area contributed by atoms with E-state index in [1.165, 1.54) is 6.20 Å². The number of aromatic nitrogens is 3. The topological polar surface area (TPSA) is 94.2 Å². The summed E-state index contributed by atoms with van der Waals surface area (Å²) in [6.45, 7) is 2.25. The third-order valence-electron chi connectivity index (χ3n) is 3.15. The number of piperazine rings is 1. The Kier molecular flexibility index (Phi) is 2.20. The van der Waals surface area contributed by atoms with E-state index in [9.17, 15) is 9.59 Å². The second-order valence-corrected chi connectivity index (χ2v) is 4.14. The molecule has 2 fully saturated rings. The first-order valence-electron chi connectivity index (χ1n) is 5.45. The normalized spacial score (nSPS) is 23.5. The number of aromatic amines is 1. The van der Waals surface area contributed by atoms with Gasteiger partial charge in [0.2, 0.25) is 0 Å². The van der Waals surface area contributed by atoms with Crippen molar-refractivity contribution in [3.05, 3.63) is 11.9 Å². The number of hydrogen-bond acceptors (Lipinski definition) is 4. The molecule has 2 N–H and O–H groups in total. The highest BCUT2D eigenvalue weighted by atomic mass is 16.2. The molecule has 2 aliphatic rings. The van der Waals surface area contributed by atoms with Gasteiger partial charge >= 0.3 is 6.03 Å². The van der Waals surface area contributed by atoms with Crippen LogP contribution >= 0.6 is 0 Å².